The highest BCUT2D eigenvalue weighted by Crippen LogP contribution is 2.49. The molecule has 0 aliphatic carbocycles. The summed E-state index contributed by atoms with van der Waals surface area (Å²) in [6, 6.07) is 2.25. The molecule has 0 radical (unpaired) electrons. The van der Waals surface area contributed by atoms with Crippen LogP contribution in [0, 0.1) is 17.2 Å². The van der Waals surface area contributed by atoms with E-state index in [0.29, 0.717) is 6.42 Å². The summed E-state index contributed by atoms with van der Waals surface area (Å²) in [6.45, 7) is 9.71. The second kappa shape index (κ2) is 4.01. The number of nitriles is 1. The molecule has 3 nitrogen and oxygen atoms in total. The van der Waals surface area contributed by atoms with Crippen molar-refractivity contribution in [1.82, 2.24) is 0 Å². The van der Waals surface area contributed by atoms with Gasteiger partial charge in [0.05, 0.1) is 23.2 Å². The molecule has 16 heavy (non-hydrogen) atoms. The molecule has 2 atom stereocenters. The van der Waals surface area contributed by atoms with Gasteiger partial charge in [-0.2, -0.15) is 5.26 Å². The molecule has 1 aliphatic rings. The molecule has 0 bridgehead atoms. The third-order valence-corrected chi connectivity index (χ3v) is 3.58. The maximum absolute atomic E-state index is 10.8. The van der Waals surface area contributed by atoms with Crippen LogP contribution in [0.5, 0.6) is 0 Å². The molecule has 1 rings (SSSR count). The Balaban J connectivity index is 3.04. The van der Waals surface area contributed by atoms with Crippen LogP contribution in [-0.4, -0.2) is 21.9 Å². The number of hydrogen-bond acceptors (Lipinski definition) is 3. The standard InChI is InChI=1S/C13H23NO2/c1-6-7-10(8-14)13(15)9-11(2,3)16-12(13,4)5/h10,15H,6-7,9H2,1-5H3. The quantitative estimate of drug-likeness (QED) is 0.803. The molecule has 0 aromatic heterocycles. The van der Waals surface area contributed by atoms with Gasteiger partial charge in [0, 0.05) is 6.42 Å². The molecule has 92 valence electrons. The van der Waals surface area contributed by atoms with Gasteiger partial charge in [-0.05, 0) is 34.1 Å². The van der Waals surface area contributed by atoms with Crippen molar-refractivity contribution < 1.29 is 9.84 Å². The summed E-state index contributed by atoms with van der Waals surface area (Å²) < 4.78 is 5.88. The maximum Gasteiger partial charge on any atom is 0.111 e. The Hall–Kier alpha value is -0.590. The topological polar surface area (TPSA) is 53.2 Å². The van der Waals surface area contributed by atoms with Crippen LogP contribution in [0.4, 0.5) is 0 Å². The zero-order valence-electron chi connectivity index (χ0n) is 11.0. The fourth-order valence-electron chi connectivity index (χ4n) is 2.92. The van der Waals surface area contributed by atoms with Crippen molar-refractivity contribution in [2.24, 2.45) is 5.92 Å². The van der Waals surface area contributed by atoms with Gasteiger partial charge in [0.15, 0.2) is 0 Å². The molecular formula is C13H23NO2. The van der Waals surface area contributed by atoms with Crippen LogP contribution in [0.2, 0.25) is 0 Å². The van der Waals surface area contributed by atoms with Gasteiger partial charge in [-0.1, -0.05) is 13.3 Å². The van der Waals surface area contributed by atoms with Crippen molar-refractivity contribution in [3.63, 3.8) is 0 Å². The third kappa shape index (κ3) is 2.09. The Bertz CT molecular complexity index is 304. The number of aliphatic hydroxyl groups is 1. The second-order valence-corrected chi connectivity index (χ2v) is 5.94. The predicted molar refractivity (Wildman–Crippen MR) is 62.8 cm³/mol. The van der Waals surface area contributed by atoms with Crippen molar-refractivity contribution in [3.8, 4) is 6.07 Å². The van der Waals surface area contributed by atoms with Gasteiger partial charge in [-0.15, -0.1) is 0 Å². The van der Waals surface area contributed by atoms with E-state index in [4.69, 9.17) is 4.74 Å². The Kier molecular flexibility index (Phi) is 3.38. The van der Waals surface area contributed by atoms with Crippen LogP contribution in [0.1, 0.15) is 53.9 Å². The van der Waals surface area contributed by atoms with Crippen LogP contribution < -0.4 is 0 Å². The van der Waals surface area contributed by atoms with Gasteiger partial charge in [-0.25, -0.2) is 0 Å². The SMILES string of the molecule is CCCC(C#N)C1(O)CC(C)(C)OC1(C)C. The van der Waals surface area contributed by atoms with Crippen molar-refractivity contribution in [2.45, 2.75) is 70.7 Å². The molecule has 0 spiro atoms. The van der Waals surface area contributed by atoms with E-state index in [-0.39, 0.29) is 11.5 Å². The van der Waals surface area contributed by atoms with Crippen LogP contribution in [0.25, 0.3) is 0 Å². The van der Waals surface area contributed by atoms with E-state index in [0.717, 1.165) is 12.8 Å². The summed E-state index contributed by atoms with van der Waals surface area (Å²) in [5.74, 6) is -0.353. The fraction of sp³-hybridized carbons (Fsp3) is 0.923. The molecule has 1 N–H and O–H groups in total. The lowest BCUT2D eigenvalue weighted by Crippen LogP contribution is -2.51. The Morgan fingerprint density at radius 2 is 1.94 bits per heavy atom. The minimum absolute atomic E-state index is 0.353. The number of nitrogens with zero attached hydrogens (tertiary/aromatic N) is 1. The van der Waals surface area contributed by atoms with Crippen molar-refractivity contribution in [3.05, 3.63) is 0 Å². The van der Waals surface area contributed by atoms with Crippen molar-refractivity contribution in [2.75, 3.05) is 0 Å². The smallest absolute Gasteiger partial charge is 0.111 e. The normalized spacial score (nSPS) is 33.3. The highest BCUT2D eigenvalue weighted by Gasteiger charge is 2.59. The van der Waals surface area contributed by atoms with E-state index in [9.17, 15) is 10.4 Å². The molecule has 1 aliphatic heterocycles. The van der Waals surface area contributed by atoms with Crippen LogP contribution in [0.15, 0.2) is 0 Å². The van der Waals surface area contributed by atoms with Gasteiger partial charge in [0.2, 0.25) is 0 Å². The van der Waals surface area contributed by atoms with Gasteiger partial charge >= 0.3 is 0 Å². The third-order valence-electron chi connectivity index (χ3n) is 3.58. The lowest BCUT2D eigenvalue weighted by Gasteiger charge is -2.38. The van der Waals surface area contributed by atoms with E-state index in [2.05, 4.69) is 6.07 Å². The molecule has 0 saturated carbocycles. The second-order valence-electron chi connectivity index (χ2n) is 5.94. The molecule has 0 aromatic rings. The van der Waals surface area contributed by atoms with Crippen LogP contribution in [-0.2, 0) is 4.74 Å². The zero-order valence-corrected chi connectivity index (χ0v) is 11.0. The highest BCUT2D eigenvalue weighted by atomic mass is 16.5. The number of ether oxygens (including phenoxy) is 1. The molecular weight excluding hydrogens is 202 g/mol. The summed E-state index contributed by atoms with van der Waals surface area (Å²) in [7, 11) is 0. The first-order valence-corrected chi connectivity index (χ1v) is 6.01. The summed E-state index contributed by atoms with van der Waals surface area (Å²) in [5.41, 5.74) is -2.06. The average Bonchev–Trinajstić information content (AvgIpc) is 2.27. The van der Waals surface area contributed by atoms with Gasteiger partial charge < -0.3 is 9.84 Å². The monoisotopic (exact) mass is 225 g/mol. The average molecular weight is 225 g/mol. The lowest BCUT2D eigenvalue weighted by atomic mass is 9.72. The molecule has 3 heteroatoms. The molecule has 2 unspecified atom stereocenters. The minimum Gasteiger partial charge on any atom is -0.385 e. The van der Waals surface area contributed by atoms with Crippen molar-refractivity contribution >= 4 is 0 Å². The first-order chi connectivity index (χ1) is 7.18. The summed E-state index contributed by atoms with van der Waals surface area (Å²) in [6.07, 6.45) is 2.14. The van der Waals surface area contributed by atoms with Crippen molar-refractivity contribution in [1.29, 1.82) is 5.26 Å². The molecule has 1 saturated heterocycles. The fourth-order valence-corrected chi connectivity index (χ4v) is 2.92. The number of rotatable bonds is 3. The first kappa shape index (κ1) is 13.5. The largest absolute Gasteiger partial charge is 0.385 e. The van der Waals surface area contributed by atoms with Gasteiger partial charge in [-0.3, -0.25) is 0 Å². The van der Waals surface area contributed by atoms with E-state index < -0.39 is 11.2 Å². The molecule has 1 fully saturated rings. The summed E-state index contributed by atoms with van der Waals surface area (Å²) in [5, 5.41) is 20.0. The van der Waals surface area contributed by atoms with Crippen LogP contribution >= 0.6 is 0 Å². The summed E-state index contributed by atoms with van der Waals surface area (Å²) >= 11 is 0. The minimum atomic E-state index is -1.04. The molecule has 1 heterocycles. The zero-order chi connectivity index (χ0) is 12.6. The van der Waals surface area contributed by atoms with E-state index in [1.807, 2.05) is 34.6 Å². The van der Waals surface area contributed by atoms with Crippen LogP contribution in [0.3, 0.4) is 0 Å². The van der Waals surface area contributed by atoms with Gasteiger partial charge in [0.1, 0.15) is 5.60 Å². The molecule has 0 aromatic carbocycles. The van der Waals surface area contributed by atoms with E-state index in [1.54, 1.807) is 0 Å². The molecule has 0 amide bonds. The predicted octanol–water partition coefficient (Wildman–Crippen LogP) is 2.63. The Labute approximate surface area is 98.4 Å². The Morgan fingerprint density at radius 1 is 1.38 bits per heavy atom. The number of hydrogen-bond donors (Lipinski definition) is 1. The highest BCUT2D eigenvalue weighted by molar-refractivity contribution is 5.14. The summed E-state index contributed by atoms with van der Waals surface area (Å²) in [4.78, 5) is 0. The maximum atomic E-state index is 10.8. The lowest BCUT2D eigenvalue weighted by molar-refractivity contribution is -0.140. The van der Waals surface area contributed by atoms with Gasteiger partial charge in [0.25, 0.3) is 0 Å². The Morgan fingerprint density at radius 3 is 2.25 bits per heavy atom. The van der Waals surface area contributed by atoms with E-state index >= 15 is 0 Å². The van der Waals surface area contributed by atoms with E-state index in [1.165, 1.54) is 0 Å². The first-order valence-electron chi connectivity index (χ1n) is 6.01.